The van der Waals surface area contributed by atoms with Crippen LogP contribution in [0.4, 0.5) is 4.79 Å². The van der Waals surface area contributed by atoms with Crippen molar-refractivity contribution in [1.82, 2.24) is 9.88 Å². The van der Waals surface area contributed by atoms with Gasteiger partial charge in [0.05, 0.1) is 33.4 Å². The lowest BCUT2D eigenvalue weighted by molar-refractivity contribution is 0.0600. The lowest BCUT2D eigenvalue weighted by atomic mass is 10.1. The Hall–Kier alpha value is -4.07. The Morgan fingerprint density at radius 2 is 1.70 bits per heavy atom. The minimum absolute atomic E-state index is 0.263. The van der Waals surface area contributed by atoms with Gasteiger partial charge in [0.15, 0.2) is 0 Å². The van der Waals surface area contributed by atoms with E-state index in [0.717, 1.165) is 11.3 Å². The van der Waals surface area contributed by atoms with Crippen molar-refractivity contribution in [3.8, 4) is 17.2 Å². The molecule has 172 valence electrons. The molecule has 2 aromatic carbocycles. The van der Waals surface area contributed by atoms with Crippen molar-refractivity contribution in [3.63, 3.8) is 0 Å². The molecule has 0 spiro atoms. The molecule has 0 aliphatic rings. The highest BCUT2D eigenvalue weighted by Crippen LogP contribution is 2.26. The van der Waals surface area contributed by atoms with E-state index in [2.05, 4.69) is 4.98 Å². The molecule has 8 nitrogen and oxygen atoms in total. The van der Waals surface area contributed by atoms with Gasteiger partial charge in [-0.15, -0.1) is 0 Å². The molecule has 0 N–H and O–H groups in total. The smallest absolute Gasteiger partial charge is 0.415 e. The summed E-state index contributed by atoms with van der Waals surface area (Å²) in [7, 11) is 4.47. The largest absolute Gasteiger partial charge is 0.497 e. The third kappa shape index (κ3) is 6.46. The zero-order valence-corrected chi connectivity index (χ0v) is 18.8. The number of pyridine rings is 1. The van der Waals surface area contributed by atoms with Crippen molar-refractivity contribution in [2.45, 2.75) is 13.0 Å². The second kappa shape index (κ2) is 11.5. The molecule has 0 unspecified atom stereocenters. The summed E-state index contributed by atoms with van der Waals surface area (Å²) in [4.78, 5) is 30.5. The number of para-hydroxylation sites is 1. The van der Waals surface area contributed by atoms with Gasteiger partial charge in [-0.2, -0.15) is 0 Å². The number of hydrogen-bond acceptors (Lipinski definition) is 7. The first-order valence-corrected chi connectivity index (χ1v) is 10.3. The highest BCUT2D eigenvalue weighted by Gasteiger charge is 2.19. The summed E-state index contributed by atoms with van der Waals surface area (Å²) in [6, 6.07) is 17.7. The van der Waals surface area contributed by atoms with E-state index in [0.29, 0.717) is 35.8 Å². The van der Waals surface area contributed by atoms with Crippen molar-refractivity contribution < 1.29 is 28.5 Å². The number of rotatable bonds is 9. The van der Waals surface area contributed by atoms with E-state index in [1.165, 1.54) is 13.3 Å². The molecule has 0 radical (unpaired) electrons. The molecule has 3 rings (SSSR count). The zero-order chi connectivity index (χ0) is 23.6. The normalized spacial score (nSPS) is 10.3. The second-order valence-corrected chi connectivity index (χ2v) is 7.06. The maximum Gasteiger partial charge on any atom is 0.415 e. The summed E-state index contributed by atoms with van der Waals surface area (Å²) in [5.74, 6) is 1.26. The molecule has 33 heavy (non-hydrogen) atoms. The van der Waals surface area contributed by atoms with Gasteiger partial charge in [-0.25, -0.2) is 9.59 Å². The fraction of sp³-hybridized carbons (Fsp3) is 0.240. The van der Waals surface area contributed by atoms with Gasteiger partial charge in [0.2, 0.25) is 0 Å². The summed E-state index contributed by atoms with van der Waals surface area (Å²) in [5, 5.41) is 0. The Labute approximate surface area is 192 Å². The van der Waals surface area contributed by atoms with Gasteiger partial charge in [0, 0.05) is 36.5 Å². The quantitative estimate of drug-likeness (QED) is 0.453. The van der Waals surface area contributed by atoms with Crippen LogP contribution in [0.2, 0.25) is 0 Å². The summed E-state index contributed by atoms with van der Waals surface area (Å²) < 4.78 is 21.0. The molecule has 0 bridgehead atoms. The topological polar surface area (TPSA) is 87.2 Å². The first kappa shape index (κ1) is 23.6. The Morgan fingerprint density at radius 1 is 0.909 bits per heavy atom. The fourth-order valence-corrected chi connectivity index (χ4v) is 3.14. The van der Waals surface area contributed by atoms with E-state index in [1.807, 2.05) is 18.2 Å². The molecule has 1 amide bonds. The number of esters is 1. The number of amides is 1. The van der Waals surface area contributed by atoms with Gasteiger partial charge in [-0.05, 0) is 36.4 Å². The van der Waals surface area contributed by atoms with Crippen molar-refractivity contribution in [2.75, 3.05) is 27.9 Å². The summed E-state index contributed by atoms with van der Waals surface area (Å²) in [5.41, 5.74) is 1.89. The first-order chi connectivity index (χ1) is 16.0. The van der Waals surface area contributed by atoms with Crippen molar-refractivity contribution in [1.29, 1.82) is 0 Å². The third-order valence-corrected chi connectivity index (χ3v) is 4.95. The molecule has 0 aliphatic heterocycles. The van der Waals surface area contributed by atoms with Gasteiger partial charge >= 0.3 is 12.1 Å². The molecule has 1 aromatic heterocycles. The molecule has 0 saturated heterocycles. The Bertz CT molecular complexity index is 1070. The zero-order valence-electron chi connectivity index (χ0n) is 18.8. The average Bonchev–Trinajstić information content (AvgIpc) is 2.86. The van der Waals surface area contributed by atoms with E-state index in [-0.39, 0.29) is 6.54 Å². The first-order valence-electron chi connectivity index (χ1n) is 10.3. The van der Waals surface area contributed by atoms with Crippen LogP contribution in [-0.4, -0.2) is 49.8 Å². The number of carbonyl (C=O) groups excluding carboxylic acids is 2. The van der Waals surface area contributed by atoms with Crippen LogP contribution >= 0.6 is 0 Å². The Balaban J connectivity index is 1.78. The lowest BCUT2D eigenvalue weighted by Crippen LogP contribution is -2.35. The molecule has 0 fully saturated rings. The van der Waals surface area contributed by atoms with Gasteiger partial charge in [-0.1, -0.05) is 18.2 Å². The predicted octanol–water partition coefficient (Wildman–Crippen LogP) is 4.13. The van der Waals surface area contributed by atoms with Gasteiger partial charge in [-0.3, -0.25) is 4.98 Å². The van der Waals surface area contributed by atoms with Crippen LogP contribution in [0.25, 0.3) is 0 Å². The number of carbonyl (C=O) groups is 2. The highest BCUT2D eigenvalue weighted by molar-refractivity contribution is 5.88. The Kier molecular flexibility index (Phi) is 8.24. The number of aromatic nitrogens is 1. The maximum atomic E-state index is 13.0. The number of benzene rings is 2. The number of hydrogen-bond donors (Lipinski definition) is 0. The van der Waals surface area contributed by atoms with E-state index >= 15 is 0 Å². The van der Waals surface area contributed by atoms with Crippen LogP contribution in [0.15, 0.2) is 66.9 Å². The standard InChI is InChI=1S/C25H26N2O6/c1-30-22-12-10-19(23(15-22)31-2)17-27(25(29)33-21-7-5-4-6-8-21)14-13-20-11-9-18(16-26-20)24(28)32-3/h4-12,15-16H,13-14,17H2,1-3H3. The lowest BCUT2D eigenvalue weighted by Gasteiger charge is -2.23. The monoisotopic (exact) mass is 450 g/mol. The van der Waals surface area contributed by atoms with E-state index in [4.69, 9.17) is 18.9 Å². The minimum atomic E-state index is -0.495. The molecule has 0 atom stereocenters. The van der Waals surface area contributed by atoms with E-state index in [9.17, 15) is 9.59 Å². The molecule has 0 saturated carbocycles. The van der Waals surface area contributed by atoms with Crippen LogP contribution in [0.5, 0.6) is 17.2 Å². The second-order valence-electron chi connectivity index (χ2n) is 7.06. The van der Waals surface area contributed by atoms with Crippen LogP contribution in [0.1, 0.15) is 21.6 Å². The summed E-state index contributed by atoms with van der Waals surface area (Å²) >= 11 is 0. The number of methoxy groups -OCH3 is 3. The molecular formula is C25H26N2O6. The minimum Gasteiger partial charge on any atom is -0.497 e. The van der Waals surface area contributed by atoms with Crippen molar-refractivity contribution in [2.24, 2.45) is 0 Å². The van der Waals surface area contributed by atoms with Crippen molar-refractivity contribution >= 4 is 12.1 Å². The van der Waals surface area contributed by atoms with Crippen LogP contribution in [-0.2, 0) is 17.7 Å². The summed E-state index contributed by atoms with van der Waals surface area (Å²) in [6.45, 7) is 0.602. The summed E-state index contributed by atoms with van der Waals surface area (Å²) in [6.07, 6.45) is 1.43. The maximum absolute atomic E-state index is 13.0. The molecule has 3 aromatic rings. The van der Waals surface area contributed by atoms with E-state index < -0.39 is 12.1 Å². The number of nitrogens with zero attached hydrogens (tertiary/aromatic N) is 2. The predicted molar refractivity (Wildman–Crippen MR) is 122 cm³/mol. The van der Waals surface area contributed by atoms with Gasteiger partial charge < -0.3 is 23.8 Å². The van der Waals surface area contributed by atoms with Crippen LogP contribution in [0, 0.1) is 0 Å². The molecule has 0 aliphatic carbocycles. The van der Waals surface area contributed by atoms with Gasteiger partial charge in [0.1, 0.15) is 17.2 Å². The van der Waals surface area contributed by atoms with Crippen LogP contribution < -0.4 is 14.2 Å². The molecule has 1 heterocycles. The number of ether oxygens (including phenoxy) is 4. The SMILES string of the molecule is COC(=O)c1ccc(CCN(Cc2ccc(OC)cc2OC)C(=O)Oc2ccccc2)nc1. The highest BCUT2D eigenvalue weighted by atomic mass is 16.6. The molecule has 8 heteroatoms. The van der Waals surface area contributed by atoms with Gasteiger partial charge in [0.25, 0.3) is 0 Å². The van der Waals surface area contributed by atoms with E-state index in [1.54, 1.807) is 61.6 Å². The average molecular weight is 450 g/mol. The van der Waals surface area contributed by atoms with Crippen LogP contribution in [0.3, 0.4) is 0 Å². The third-order valence-electron chi connectivity index (χ3n) is 4.95. The van der Waals surface area contributed by atoms with Crippen molar-refractivity contribution in [3.05, 3.63) is 83.7 Å². The molecular weight excluding hydrogens is 424 g/mol. The Morgan fingerprint density at radius 3 is 2.33 bits per heavy atom. The fourth-order valence-electron chi connectivity index (χ4n) is 3.14.